The Bertz CT molecular complexity index is 145. The molecule has 2 atom stereocenters. The van der Waals surface area contributed by atoms with Crippen LogP contribution in [0.3, 0.4) is 0 Å². The van der Waals surface area contributed by atoms with Crippen molar-refractivity contribution in [2.24, 2.45) is 35.5 Å². The van der Waals surface area contributed by atoms with Gasteiger partial charge in [0.2, 0.25) is 0 Å². The third-order valence-electron chi connectivity index (χ3n) is 4.58. The lowest BCUT2D eigenvalue weighted by Gasteiger charge is -2.71. The maximum absolute atomic E-state index is 2.44. The molecule has 0 radical (unpaired) electrons. The molecule has 2 unspecified atom stereocenters. The summed E-state index contributed by atoms with van der Waals surface area (Å²) < 4.78 is 0. The molecular weight excluding hydrogens is 120 g/mol. The van der Waals surface area contributed by atoms with Gasteiger partial charge < -0.3 is 0 Å². The van der Waals surface area contributed by atoms with Crippen molar-refractivity contribution < 1.29 is 0 Å². The van der Waals surface area contributed by atoms with Gasteiger partial charge in [0, 0.05) is 0 Å². The largest absolute Gasteiger partial charge is 0.0622 e. The maximum Gasteiger partial charge on any atom is -0.0326 e. The van der Waals surface area contributed by atoms with E-state index in [1.807, 2.05) is 0 Å². The van der Waals surface area contributed by atoms with Gasteiger partial charge in [0.25, 0.3) is 0 Å². The predicted molar refractivity (Wildman–Crippen MR) is 41.5 cm³/mol. The van der Waals surface area contributed by atoms with Gasteiger partial charge in [0.05, 0.1) is 0 Å². The molecule has 0 spiro atoms. The maximum atomic E-state index is 2.44. The molecular formula is C10H16. The molecule has 3 fully saturated rings. The minimum absolute atomic E-state index is 1.10. The summed E-state index contributed by atoms with van der Waals surface area (Å²) >= 11 is 0. The fourth-order valence-electron chi connectivity index (χ4n) is 4.10. The van der Waals surface area contributed by atoms with E-state index in [2.05, 4.69) is 13.8 Å². The topological polar surface area (TPSA) is 0 Å². The van der Waals surface area contributed by atoms with E-state index in [0.29, 0.717) is 0 Å². The van der Waals surface area contributed by atoms with Crippen molar-refractivity contribution in [3.63, 3.8) is 0 Å². The van der Waals surface area contributed by atoms with Gasteiger partial charge >= 0.3 is 0 Å². The van der Waals surface area contributed by atoms with Crippen LogP contribution in [0.1, 0.15) is 26.7 Å². The molecule has 0 N–H and O–H groups in total. The Morgan fingerprint density at radius 1 is 0.800 bits per heavy atom. The first-order valence-electron chi connectivity index (χ1n) is 4.79. The monoisotopic (exact) mass is 136 g/mol. The van der Waals surface area contributed by atoms with Gasteiger partial charge in [-0.25, -0.2) is 0 Å². The van der Waals surface area contributed by atoms with E-state index < -0.39 is 0 Å². The molecule has 0 aromatic carbocycles. The lowest BCUT2D eigenvalue weighted by atomic mass is 9.34. The second kappa shape index (κ2) is 1.44. The van der Waals surface area contributed by atoms with Crippen molar-refractivity contribution in [1.29, 1.82) is 0 Å². The number of fused-ring (bicyclic) bond motifs is 4. The highest BCUT2D eigenvalue weighted by atomic mass is 14.7. The smallest absolute Gasteiger partial charge is 0.0326 e. The summed E-state index contributed by atoms with van der Waals surface area (Å²) in [6.45, 7) is 4.89. The molecule has 0 saturated heterocycles. The fraction of sp³-hybridized carbons (Fsp3) is 1.00. The number of rotatable bonds is 0. The van der Waals surface area contributed by atoms with Crippen LogP contribution < -0.4 is 0 Å². The van der Waals surface area contributed by atoms with Crippen molar-refractivity contribution >= 4 is 0 Å². The Morgan fingerprint density at radius 2 is 1.20 bits per heavy atom. The van der Waals surface area contributed by atoms with Crippen LogP contribution in [0.2, 0.25) is 0 Å². The van der Waals surface area contributed by atoms with Crippen LogP contribution >= 0.6 is 0 Å². The molecule has 3 saturated carbocycles. The molecule has 0 aromatic rings. The van der Waals surface area contributed by atoms with E-state index in [0.717, 1.165) is 11.8 Å². The molecule has 0 bridgehead atoms. The van der Waals surface area contributed by atoms with E-state index in [-0.39, 0.29) is 0 Å². The summed E-state index contributed by atoms with van der Waals surface area (Å²) in [5, 5.41) is 0. The Morgan fingerprint density at radius 3 is 1.50 bits per heavy atom. The molecule has 10 heavy (non-hydrogen) atoms. The van der Waals surface area contributed by atoms with Crippen molar-refractivity contribution in [1.82, 2.24) is 0 Å². The highest BCUT2D eigenvalue weighted by Gasteiger charge is 2.64. The molecule has 0 aliphatic heterocycles. The van der Waals surface area contributed by atoms with Gasteiger partial charge in [-0.2, -0.15) is 0 Å². The quantitative estimate of drug-likeness (QED) is 0.480. The SMILES string of the molecule is CC1CC2C1C1CC(C)C21. The van der Waals surface area contributed by atoms with Crippen molar-refractivity contribution in [2.75, 3.05) is 0 Å². The third-order valence-corrected chi connectivity index (χ3v) is 4.58. The average molecular weight is 136 g/mol. The lowest BCUT2D eigenvalue weighted by Crippen LogP contribution is -2.65. The molecule has 3 aliphatic carbocycles. The van der Waals surface area contributed by atoms with Gasteiger partial charge in [-0.3, -0.25) is 0 Å². The van der Waals surface area contributed by atoms with E-state index in [4.69, 9.17) is 0 Å². The second-order valence-corrected chi connectivity index (χ2v) is 4.91. The van der Waals surface area contributed by atoms with E-state index in [1.54, 1.807) is 12.8 Å². The molecule has 0 heterocycles. The van der Waals surface area contributed by atoms with Crippen LogP contribution in [0.15, 0.2) is 0 Å². The molecule has 0 amide bonds. The average Bonchev–Trinajstić information content (AvgIpc) is 1.84. The minimum atomic E-state index is 1.10. The fourth-order valence-corrected chi connectivity index (χ4v) is 4.10. The standard InChI is InChI=1S/C10H16/c1-5-3-7-9(5)8-4-6(2)10(7)8/h5-10H,3-4H2,1-2H3. The Labute approximate surface area is 63.0 Å². The van der Waals surface area contributed by atoms with Crippen molar-refractivity contribution in [2.45, 2.75) is 26.7 Å². The minimum Gasteiger partial charge on any atom is -0.0622 e. The van der Waals surface area contributed by atoms with E-state index >= 15 is 0 Å². The van der Waals surface area contributed by atoms with Gasteiger partial charge in [-0.1, -0.05) is 13.8 Å². The van der Waals surface area contributed by atoms with Crippen LogP contribution in [0, 0.1) is 35.5 Å². The summed E-state index contributed by atoms with van der Waals surface area (Å²) in [5.41, 5.74) is 0. The molecule has 56 valence electrons. The van der Waals surface area contributed by atoms with Crippen LogP contribution in [0.5, 0.6) is 0 Å². The van der Waals surface area contributed by atoms with Gasteiger partial charge in [0.15, 0.2) is 0 Å². The number of hydrogen-bond acceptors (Lipinski definition) is 0. The summed E-state index contributed by atoms with van der Waals surface area (Å²) in [4.78, 5) is 0. The number of hydrogen-bond donors (Lipinski definition) is 0. The van der Waals surface area contributed by atoms with Gasteiger partial charge in [-0.05, 0) is 48.3 Å². The van der Waals surface area contributed by atoms with Crippen LogP contribution in [0.25, 0.3) is 0 Å². The molecule has 0 aromatic heterocycles. The Hall–Kier alpha value is 0. The van der Waals surface area contributed by atoms with E-state index in [9.17, 15) is 0 Å². The zero-order valence-electron chi connectivity index (χ0n) is 6.88. The Balaban J connectivity index is 1.78. The first kappa shape index (κ1) is 5.62. The zero-order valence-corrected chi connectivity index (χ0v) is 6.88. The third kappa shape index (κ3) is 0.383. The first-order chi connectivity index (χ1) is 4.79. The zero-order chi connectivity index (χ0) is 6.88. The van der Waals surface area contributed by atoms with Gasteiger partial charge in [-0.15, -0.1) is 0 Å². The highest BCUT2D eigenvalue weighted by Crippen LogP contribution is 2.71. The first-order valence-corrected chi connectivity index (χ1v) is 4.79. The Kier molecular flexibility index (Phi) is 0.810. The summed E-state index contributed by atoms with van der Waals surface area (Å²) in [6.07, 6.45) is 3.13. The van der Waals surface area contributed by atoms with Crippen molar-refractivity contribution in [3.05, 3.63) is 0 Å². The highest BCUT2D eigenvalue weighted by molar-refractivity contribution is 5.13. The molecule has 3 rings (SSSR count). The second-order valence-electron chi connectivity index (χ2n) is 4.91. The normalized spacial score (nSPS) is 70.2. The predicted octanol–water partition coefficient (Wildman–Crippen LogP) is 2.54. The summed E-state index contributed by atoms with van der Waals surface area (Å²) in [7, 11) is 0. The molecule has 3 aliphatic rings. The van der Waals surface area contributed by atoms with Crippen LogP contribution in [0.4, 0.5) is 0 Å². The van der Waals surface area contributed by atoms with Gasteiger partial charge in [0.1, 0.15) is 0 Å². The summed E-state index contributed by atoms with van der Waals surface area (Å²) in [6, 6.07) is 0. The summed E-state index contributed by atoms with van der Waals surface area (Å²) in [5.74, 6) is 6.98. The van der Waals surface area contributed by atoms with Crippen LogP contribution in [-0.4, -0.2) is 0 Å². The van der Waals surface area contributed by atoms with Crippen LogP contribution in [-0.2, 0) is 0 Å². The van der Waals surface area contributed by atoms with Crippen molar-refractivity contribution in [3.8, 4) is 0 Å². The van der Waals surface area contributed by atoms with E-state index in [1.165, 1.54) is 23.7 Å². The molecule has 0 nitrogen and oxygen atoms in total. The molecule has 0 heteroatoms. The lowest BCUT2D eigenvalue weighted by molar-refractivity contribution is -0.231.